The maximum Gasteiger partial charge on any atom is 0.346 e. The number of hydrogen-bond acceptors (Lipinski definition) is 4. The molecular formula is C22H22ClNO5. The molecular weight excluding hydrogens is 394 g/mol. The zero-order chi connectivity index (χ0) is 21.3. The summed E-state index contributed by atoms with van der Waals surface area (Å²) in [5, 5.41) is 10.6. The number of carbonyl (C=O) groups excluding carboxylic acids is 1. The number of halogens is 1. The highest BCUT2D eigenvalue weighted by molar-refractivity contribution is 6.32. The number of aromatic carboxylic acids is 1. The molecule has 1 heterocycles. The molecule has 0 fully saturated rings. The van der Waals surface area contributed by atoms with Crippen LogP contribution in [0.2, 0.25) is 5.02 Å². The molecule has 152 valence electrons. The van der Waals surface area contributed by atoms with Crippen LogP contribution in [-0.4, -0.2) is 34.8 Å². The summed E-state index contributed by atoms with van der Waals surface area (Å²) in [5.74, 6) is -1.01. The zero-order valence-electron chi connectivity index (χ0n) is 16.7. The van der Waals surface area contributed by atoms with Gasteiger partial charge in [0, 0.05) is 23.1 Å². The van der Waals surface area contributed by atoms with Crippen LogP contribution in [0.15, 0.2) is 36.4 Å². The van der Waals surface area contributed by atoms with Crippen molar-refractivity contribution in [2.24, 2.45) is 0 Å². The Hall–Kier alpha value is -2.99. The van der Waals surface area contributed by atoms with Gasteiger partial charge in [0.15, 0.2) is 6.10 Å². The van der Waals surface area contributed by atoms with Gasteiger partial charge in [-0.05, 0) is 62.2 Å². The first-order valence-electron chi connectivity index (χ1n) is 9.08. The monoisotopic (exact) mass is 415 g/mol. The van der Waals surface area contributed by atoms with Gasteiger partial charge in [-0.25, -0.2) is 9.59 Å². The highest BCUT2D eigenvalue weighted by Crippen LogP contribution is 2.30. The number of esters is 1. The van der Waals surface area contributed by atoms with Gasteiger partial charge < -0.3 is 19.1 Å². The predicted octanol–water partition coefficient (Wildman–Crippen LogP) is 4.60. The van der Waals surface area contributed by atoms with E-state index in [1.807, 2.05) is 26.0 Å². The van der Waals surface area contributed by atoms with Gasteiger partial charge in [0.1, 0.15) is 5.75 Å². The quantitative estimate of drug-likeness (QED) is 0.595. The van der Waals surface area contributed by atoms with Crippen LogP contribution in [0.1, 0.15) is 34.1 Å². The number of aryl methyl sites for hydroxylation is 1. The first kappa shape index (κ1) is 20.7. The van der Waals surface area contributed by atoms with Gasteiger partial charge in [-0.15, -0.1) is 0 Å². The second-order valence-electron chi connectivity index (χ2n) is 6.88. The lowest BCUT2D eigenvalue weighted by molar-refractivity contribution is -0.147. The van der Waals surface area contributed by atoms with Crippen molar-refractivity contribution in [3.8, 4) is 5.75 Å². The average Bonchev–Trinajstić information content (AvgIpc) is 2.93. The lowest BCUT2D eigenvalue weighted by Gasteiger charge is -2.15. The molecule has 0 saturated carbocycles. The van der Waals surface area contributed by atoms with Crippen LogP contribution in [0.5, 0.6) is 5.75 Å². The lowest BCUT2D eigenvalue weighted by Crippen LogP contribution is -2.25. The van der Waals surface area contributed by atoms with Crippen LogP contribution in [0.3, 0.4) is 0 Å². The number of methoxy groups -OCH3 is 1. The van der Waals surface area contributed by atoms with Crippen LogP contribution >= 0.6 is 11.6 Å². The van der Waals surface area contributed by atoms with Gasteiger partial charge >= 0.3 is 11.9 Å². The fraction of sp³-hybridized carbons (Fsp3) is 0.273. The number of carboxylic acids is 1. The Morgan fingerprint density at radius 1 is 1.17 bits per heavy atom. The van der Waals surface area contributed by atoms with Crippen molar-refractivity contribution in [1.29, 1.82) is 0 Å². The van der Waals surface area contributed by atoms with E-state index in [9.17, 15) is 14.7 Å². The smallest absolute Gasteiger partial charge is 0.346 e. The van der Waals surface area contributed by atoms with E-state index in [0.717, 1.165) is 27.7 Å². The maximum absolute atomic E-state index is 11.5. The van der Waals surface area contributed by atoms with Gasteiger partial charge in [-0.2, -0.15) is 0 Å². The number of aromatic nitrogens is 1. The van der Waals surface area contributed by atoms with Gasteiger partial charge in [-0.3, -0.25) is 0 Å². The normalized spacial score (nSPS) is 12.0. The Morgan fingerprint density at radius 2 is 1.90 bits per heavy atom. The van der Waals surface area contributed by atoms with E-state index < -0.39 is 18.0 Å². The third kappa shape index (κ3) is 4.07. The minimum Gasteiger partial charge on any atom is -0.478 e. The van der Waals surface area contributed by atoms with Crippen LogP contribution in [-0.2, 0) is 16.1 Å². The van der Waals surface area contributed by atoms with Crippen LogP contribution < -0.4 is 4.74 Å². The molecule has 29 heavy (non-hydrogen) atoms. The summed E-state index contributed by atoms with van der Waals surface area (Å²) in [5.41, 5.74) is 4.28. The van der Waals surface area contributed by atoms with Crippen molar-refractivity contribution in [1.82, 2.24) is 4.57 Å². The number of hydrogen-bond donors (Lipinski definition) is 1. The van der Waals surface area contributed by atoms with Crippen molar-refractivity contribution >= 4 is 34.4 Å². The highest BCUT2D eigenvalue weighted by Gasteiger charge is 2.17. The first-order valence-corrected chi connectivity index (χ1v) is 9.46. The molecule has 0 radical (unpaired) electrons. The predicted molar refractivity (Wildman–Crippen MR) is 111 cm³/mol. The van der Waals surface area contributed by atoms with E-state index in [1.165, 1.54) is 7.11 Å². The number of ether oxygens (including phenoxy) is 2. The molecule has 2 aromatic carbocycles. The van der Waals surface area contributed by atoms with Crippen LogP contribution in [0.4, 0.5) is 0 Å². The molecule has 0 aliphatic rings. The number of carbonyl (C=O) groups is 2. The Labute approximate surface area is 173 Å². The molecule has 0 bridgehead atoms. The second-order valence-corrected chi connectivity index (χ2v) is 7.29. The summed E-state index contributed by atoms with van der Waals surface area (Å²) in [6.45, 7) is 6.15. The Balaban J connectivity index is 1.91. The standard InChI is InChI=1S/C22H22ClNO5/c1-12-13(2)24(19-7-6-16(21(25)26)10-17(12)19)11-15-5-8-20(18(23)9-15)29-14(3)22(27)28-4/h5-10,14H,11H2,1-4H3,(H,25,26). The summed E-state index contributed by atoms with van der Waals surface area (Å²) < 4.78 is 12.4. The molecule has 3 rings (SSSR count). The molecule has 3 aromatic rings. The summed E-state index contributed by atoms with van der Waals surface area (Å²) in [7, 11) is 1.30. The van der Waals surface area contributed by atoms with Gasteiger partial charge in [0.25, 0.3) is 0 Å². The van der Waals surface area contributed by atoms with Crippen molar-refractivity contribution in [2.75, 3.05) is 7.11 Å². The Morgan fingerprint density at radius 3 is 2.52 bits per heavy atom. The molecule has 0 amide bonds. The van der Waals surface area contributed by atoms with E-state index >= 15 is 0 Å². The molecule has 1 N–H and O–H groups in total. The summed E-state index contributed by atoms with van der Waals surface area (Å²) >= 11 is 6.35. The molecule has 0 aliphatic heterocycles. The minimum absolute atomic E-state index is 0.266. The molecule has 1 aromatic heterocycles. The maximum atomic E-state index is 11.5. The number of nitrogens with zero attached hydrogens (tertiary/aromatic N) is 1. The van der Waals surface area contributed by atoms with Crippen LogP contribution in [0, 0.1) is 13.8 Å². The molecule has 0 spiro atoms. The molecule has 0 aliphatic carbocycles. The molecule has 0 saturated heterocycles. The third-order valence-electron chi connectivity index (χ3n) is 5.06. The minimum atomic E-state index is -0.944. The van der Waals surface area contributed by atoms with Crippen molar-refractivity contribution in [2.45, 2.75) is 33.4 Å². The van der Waals surface area contributed by atoms with E-state index in [0.29, 0.717) is 17.3 Å². The fourth-order valence-electron chi connectivity index (χ4n) is 3.31. The highest BCUT2D eigenvalue weighted by atomic mass is 35.5. The SMILES string of the molecule is COC(=O)C(C)Oc1ccc(Cn2c(C)c(C)c3cc(C(=O)O)ccc32)cc1Cl. The third-order valence-corrected chi connectivity index (χ3v) is 5.36. The first-order chi connectivity index (χ1) is 13.7. The topological polar surface area (TPSA) is 77.8 Å². The summed E-state index contributed by atoms with van der Waals surface area (Å²) in [6, 6.07) is 10.6. The van der Waals surface area contributed by atoms with Crippen LogP contribution in [0.25, 0.3) is 10.9 Å². The number of rotatable bonds is 6. The summed E-state index contributed by atoms with van der Waals surface area (Å²) in [6.07, 6.45) is -0.759. The molecule has 6 nitrogen and oxygen atoms in total. The number of fused-ring (bicyclic) bond motifs is 1. The van der Waals surface area contributed by atoms with Crippen molar-refractivity contribution < 1.29 is 24.2 Å². The van der Waals surface area contributed by atoms with E-state index in [-0.39, 0.29) is 5.56 Å². The average molecular weight is 416 g/mol. The van der Waals surface area contributed by atoms with E-state index in [1.54, 1.807) is 31.2 Å². The van der Waals surface area contributed by atoms with Gasteiger partial charge in [-0.1, -0.05) is 17.7 Å². The largest absolute Gasteiger partial charge is 0.478 e. The fourth-order valence-corrected chi connectivity index (χ4v) is 3.56. The zero-order valence-corrected chi connectivity index (χ0v) is 17.4. The lowest BCUT2D eigenvalue weighted by atomic mass is 10.1. The van der Waals surface area contributed by atoms with E-state index in [2.05, 4.69) is 9.30 Å². The second kappa shape index (κ2) is 8.17. The Bertz CT molecular complexity index is 1100. The number of carboxylic acid groups (broad SMARTS) is 1. The van der Waals surface area contributed by atoms with Crippen molar-refractivity contribution in [3.63, 3.8) is 0 Å². The van der Waals surface area contributed by atoms with Gasteiger partial charge in [0.2, 0.25) is 0 Å². The van der Waals surface area contributed by atoms with Gasteiger partial charge in [0.05, 0.1) is 17.7 Å². The molecule has 7 heteroatoms. The van der Waals surface area contributed by atoms with E-state index in [4.69, 9.17) is 16.3 Å². The summed E-state index contributed by atoms with van der Waals surface area (Å²) in [4.78, 5) is 22.8. The molecule has 1 atom stereocenters. The van der Waals surface area contributed by atoms with Crippen molar-refractivity contribution in [3.05, 3.63) is 63.8 Å². The molecule has 1 unspecified atom stereocenters. The Kier molecular flexibility index (Phi) is 5.84. The number of benzene rings is 2.